The molecule has 13 nitrogen and oxygen atoms in total. The van der Waals surface area contributed by atoms with Gasteiger partial charge in [-0.3, -0.25) is 33.8 Å². The number of hydrogen-bond donors (Lipinski definition) is 1. The minimum atomic E-state index is -0.547. The Morgan fingerprint density at radius 1 is 0.868 bits per heavy atom. The summed E-state index contributed by atoms with van der Waals surface area (Å²) in [7, 11) is 5.06. The Hall–Kier alpha value is -5.53. The Morgan fingerprint density at radius 3 is 2.28 bits per heavy atom. The van der Waals surface area contributed by atoms with Crippen LogP contribution in [-0.2, 0) is 18.3 Å². The predicted molar refractivity (Wildman–Crippen MR) is 201 cm³/mol. The lowest BCUT2D eigenvalue weighted by atomic mass is 9.98. The van der Waals surface area contributed by atoms with Crippen LogP contribution < -0.4 is 26.3 Å². The van der Waals surface area contributed by atoms with Crippen LogP contribution in [0, 0.1) is 6.92 Å². The normalized spacial score (nSPS) is 15.9. The molecule has 2 aromatic carbocycles. The van der Waals surface area contributed by atoms with E-state index in [1.807, 2.05) is 42.3 Å². The second-order valence-corrected chi connectivity index (χ2v) is 13.8. The molecule has 2 aliphatic heterocycles. The number of nitrogens with one attached hydrogen (secondary N) is 1. The number of aromatic amines is 1. The van der Waals surface area contributed by atoms with Gasteiger partial charge in [-0.25, -0.2) is 4.79 Å². The van der Waals surface area contributed by atoms with Crippen molar-refractivity contribution in [2.75, 3.05) is 40.4 Å². The van der Waals surface area contributed by atoms with Crippen LogP contribution in [0.5, 0.6) is 11.5 Å². The molecule has 5 heterocycles. The fraction of sp³-hybridized carbons (Fsp3) is 0.375. The van der Waals surface area contributed by atoms with Gasteiger partial charge in [-0.15, -0.1) is 0 Å². The monoisotopic (exact) mass is 720 g/mol. The van der Waals surface area contributed by atoms with Crippen molar-refractivity contribution in [3.8, 4) is 28.3 Å². The van der Waals surface area contributed by atoms with Crippen LogP contribution in [0.4, 0.5) is 0 Å². The quantitative estimate of drug-likeness (QED) is 0.239. The third-order valence-electron chi connectivity index (χ3n) is 10.5. The number of fused-ring (bicyclic) bond motifs is 1. The molecule has 3 aromatic heterocycles. The predicted octanol–water partition coefficient (Wildman–Crippen LogP) is 4.05. The number of methoxy groups -OCH3 is 2. The highest BCUT2D eigenvalue weighted by Gasteiger charge is 2.29. The van der Waals surface area contributed by atoms with E-state index in [9.17, 15) is 19.2 Å². The summed E-state index contributed by atoms with van der Waals surface area (Å²) in [5.74, 6) is 1.37. The number of piperidine rings is 2. The molecule has 1 amide bonds. The molecule has 2 aliphatic rings. The van der Waals surface area contributed by atoms with Crippen LogP contribution in [0.15, 0.2) is 81.6 Å². The average Bonchev–Trinajstić information content (AvgIpc) is 3.17. The highest BCUT2D eigenvalue weighted by atomic mass is 16.5. The molecular weight excluding hydrogens is 676 g/mol. The van der Waals surface area contributed by atoms with Gasteiger partial charge in [0, 0.05) is 92.9 Å². The van der Waals surface area contributed by atoms with Crippen molar-refractivity contribution < 1.29 is 19.0 Å². The van der Waals surface area contributed by atoms with Crippen LogP contribution in [0.2, 0.25) is 0 Å². The maximum Gasteiger partial charge on any atom is 0.332 e. The molecule has 2 fully saturated rings. The number of hydrogen-bond acceptors (Lipinski definition) is 9. The molecule has 0 unspecified atom stereocenters. The standard InChI is InChI=1S/C40H44N6O7/c1-25-5-6-26(19-34(25)46-18-12-37(47)42-40(46)50)38(48)45-16-10-29(11-17-45)53-28-8-14-44(15-9-28)23-27-20-36(52-4)31(21-35(27)51-3)33-24-43(2)39(49)32-22-41-13-7-30(32)33/h5-7,12-13,18-22,24,28-29H,8-11,14-17,23H2,1-4H3,(H,42,47,50). The maximum absolute atomic E-state index is 13.5. The first-order valence-corrected chi connectivity index (χ1v) is 17.9. The lowest BCUT2D eigenvalue weighted by molar-refractivity contribution is -0.0629. The van der Waals surface area contributed by atoms with Gasteiger partial charge in [-0.05, 0) is 73.9 Å². The number of pyridine rings is 2. The fourth-order valence-electron chi connectivity index (χ4n) is 7.52. The summed E-state index contributed by atoms with van der Waals surface area (Å²) in [4.78, 5) is 60.9. The van der Waals surface area contributed by atoms with E-state index >= 15 is 0 Å². The Balaban J connectivity index is 0.949. The Bertz CT molecular complexity index is 2330. The summed E-state index contributed by atoms with van der Waals surface area (Å²) in [6.07, 6.45) is 10.1. The average molecular weight is 721 g/mol. The van der Waals surface area contributed by atoms with E-state index in [0.29, 0.717) is 42.0 Å². The zero-order valence-electron chi connectivity index (χ0n) is 30.5. The van der Waals surface area contributed by atoms with E-state index in [2.05, 4.69) is 14.9 Å². The van der Waals surface area contributed by atoms with E-state index < -0.39 is 11.2 Å². The Kier molecular flexibility index (Phi) is 10.3. The van der Waals surface area contributed by atoms with Gasteiger partial charge in [0.15, 0.2) is 0 Å². The first-order chi connectivity index (χ1) is 25.6. The summed E-state index contributed by atoms with van der Waals surface area (Å²) in [5.41, 5.74) is 3.47. The number of carbonyl (C=O) groups excluding carboxylic acids is 1. The van der Waals surface area contributed by atoms with Crippen molar-refractivity contribution in [1.29, 1.82) is 0 Å². The Morgan fingerprint density at radius 2 is 1.58 bits per heavy atom. The molecule has 0 radical (unpaired) electrons. The van der Waals surface area contributed by atoms with E-state index in [4.69, 9.17) is 14.2 Å². The molecule has 53 heavy (non-hydrogen) atoms. The van der Waals surface area contributed by atoms with Gasteiger partial charge in [-0.1, -0.05) is 6.07 Å². The van der Waals surface area contributed by atoms with Crippen molar-refractivity contribution in [2.45, 2.75) is 51.4 Å². The summed E-state index contributed by atoms with van der Waals surface area (Å²) < 4.78 is 21.3. The van der Waals surface area contributed by atoms with E-state index in [1.54, 1.807) is 50.4 Å². The first-order valence-electron chi connectivity index (χ1n) is 17.9. The van der Waals surface area contributed by atoms with E-state index in [-0.39, 0.29) is 23.7 Å². The van der Waals surface area contributed by atoms with Gasteiger partial charge < -0.3 is 23.7 Å². The number of likely N-dealkylation sites (tertiary alicyclic amines) is 2. The van der Waals surface area contributed by atoms with Crippen LogP contribution in [0.25, 0.3) is 27.6 Å². The molecular formula is C40H44N6O7. The van der Waals surface area contributed by atoms with Crippen molar-refractivity contribution in [2.24, 2.45) is 7.05 Å². The van der Waals surface area contributed by atoms with Gasteiger partial charge in [-0.2, -0.15) is 0 Å². The third kappa shape index (κ3) is 7.40. The summed E-state index contributed by atoms with van der Waals surface area (Å²) in [6, 6.07) is 12.5. The van der Waals surface area contributed by atoms with Crippen molar-refractivity contribution in [1.82, 2.24) is 28.9 Å². The molecule has 276 valence electrons. The molecule has 0 atom stereocenters. The summed E-state index contributed by atoms with van der Waals surface area (Å²) >= 11 is 0. The molecule has 5 aromatic rings. The number of benzene rings is 2. The fourth-order valence-corrected chi connectivity index (χ4v) is 7.52. The third-order valence-corrected chi connectivity index (χ3v) is 10.5. The van der Waals surface area contributed by atoms with Crippen LogP contribution in [-0.4, -0.2) is 87.4 Å². The topological polar surface area (TPSA) is 141 Å². The van der Waals surface area contributed by atoms with Crippen molar-refractivity contribution in [3.05, 3.63) is 115 Å². The highest BCUT2D eigenvalue weighted by Crippen LogP contribution is 2.39. The number of ether oxygens (including phenoxy) is 3. The van der Waals surface area contributed by atoms with Gasteiger partial charge in [0.25, 0.3) is 17.0 Å². The number of H-pyrrole nitrogens is 1. The second kappa shape index (κ2) is 15.2. The van der Waals surface area contributed by atoms with E-state index in [1.165, 1.54) is 16.8 Å². The first kappa shape index (κ1) is 35.9. The number of nitrogens with zero attached hydrogens (tertiary/aromatic N) is 5. The highest BCUT2D eigenvalue weighted by molar-refractivity contribution is 5.97. The van der Waals surface area contributed by atoms with E-state index in [0.717, 1.165) is 72.2 Å². The second-order valence-electron chi connectivity index (χ2n) is 13.8. The minimum absolute atomic E-state index is 0.0874. The molecule has 1 N–H and O–H groups in total. The minimum Gasteiger partial charge on any atom is -0.496 e. The van der Waals surface area contributed by atoms with Gasteiger partial charge in [0.1, 0.15) is 11.5 Å². The van der Waals surface area contributed by atoms with Gasteiger partial charge in [0.05, 0.1) is 37.5 Å². The largest absolute Gasteiger partial charge is 0.496 e. The van der Waals surface area contributed by atoms with Crippen LogP contribution in [0.1, 0.15) is 47.2 Å². The number of amides is 1. The molecule has 13 heteroatoms. The number of carbonyl (C=O) groups is 1. The summed E-state index contributed by atoms with van der Waals surface area (Å²) in [6.45, 7) is 5.49. The zero-order chi connectivity index (χ0) is 37.2. The molecule has 2 saturated heterocycles. The maximum atomic E-state index is 13.5. The molecule has 0 saturated carbocycles. The van der Waals surface area contributed by atoms with Crippen molar-refractivity contribution in [3.63, 3.8) is 0 Å². The smallest absolute Gasteiger partial charge is 0.332 e. The van der Waals surface area contributed by atoms with Crippen LogP contribution in [0.3, 0.4) is 0 Å². The molecule has 7 rings (SSSR count). The molecule has 0 spiro atoms. The zero-order valence-corrected chi connectivity index (χ0v) is 30.5. The van der Waals surface area contributed by atoms with Gasteiger partial charge >= 0.3 is 5.69 Å². The molecule has 0 bridgehead atoms. The number of aryl methyl sites for hydroxylation is 2. The number of rotatable bonds is 9. The van der Waals surface area contributed by atoms with Crippen molar-refractivity contribution >= 4 is 16.7 Å². The van der Waals surface area contributed by atoms with Gasteiger partial charge in [0.2, 0.25) is 0 Å². The van der Waals surface area contributed by atoms with Crippen LogP contribution >= 0.6 is 0 Å². The SMILES string of the molecule is COc1cc(-c2cn(C)c(=O)c3cnccc23)c(OC)cc1CN1CCC(OC2CCN(C(=O)c3ccc(C)c(-n4ccc(=O)[nH]c4=O)c3)CC2)CC1. The summed E-state index contributed by atoms with van der Waals surface area (Å²) in [5, 5.41) is 1.35. The lowest BCUT2D eigenvalue weighted by Crippen LogP contribution is -2.43. The Labute approximate surface area is 306 Å². The lowest BCUT2D eigenvalue weighted by Gasteiger charge is -2.37. The number of aromatic nitrogens is 4. The molecule has 0 aliphatic carbocycles.